The van der Waals surface area contributed by atoms with E-state index in [-0.39, 0.29) is 12.8 Å². The van der Waals surface area contributed by atoms with Gasteiger partial charge >= 0.3 is 5.97 Å². The Bertz CT molecular complexity index is 737. The summed E-state index contributed by atoms with van der Waals surface area (Å²) < 4.78 is 0. The van der Waals surface area contributed by atoms with Crippen LogP contribution in [0.5, 0.6) is 0 Å². The molecule has 1 heterocycles. The van der Waals surface area contributed by atoms with Crippen molar-refractivity contribution in [1.82, 2.24) is 21.3 Å². The van der Waals surface area contributed by atoms with Crippen molar-refractivity contribution in [3.05, 3.63) is 0 Å². The lowest BCUT2D eigenvalue weighted by atomic mass is 10.1. The average Bonchev–Trinajstić information content (AvgIpc) is 3.22. The molecule has 1 aliphatic rings. The van der Waals surface area contributed by atoms with Crippen LogP contribution in [-0.4, -0.2) is 82.5 Å². The molecule has 1 aliphatic heterocycles. The summed E-state index contributed by atoms with van der Waals surface area (Å²) in [7, 11) is 0. The van der Waals surface area contributed by atoms with E-state index in [0.29, 0.717) is 13.0 Å². The summed E-state index contributed by atoms with van der Waals surface area (Å²) in [5.74, 6) is -5.66. The van der Waals surface area contributed by atoms with Crippen LogP contribution in [-0.2, 0) is 28.8 Å². The number of primary amides is 2. The molecule has 0 aromatic rings. The van der Waals surface area contributed by atoms with Crippen molar-refractivity contribution in [2.75, 3.05) is 6.54 Å². The minimum absolute atomic E-state index is 0.291. The Morgan fingerprint density at radius 2 is 1.62 bits per heavy atom. The van der Waals surface area contributed by atoms with Crippen molar-refractivity contribution < 1.29 is 39.0 Å². The van der Waals surface area contributed by atoms with Gasteiger partial charge in [0.2, 0.25) is 29.5 Å². The third-order valence-corrected chi connectivity index (χ3v) is 4.77. The van der Waals surface area contributed by atoms with E-state index >= 15 is 0 Å². The fourth-order valence-corrected chi connectivity index (χ4v) is 3.06. The number of carboxylic acid groups (broad SMARTS) is 1. The third-order valence-electron chi connectivity index (χ3n) is 4.77. The Labute approximate surface area is 183 Å². The average molecular weight is 458 g/mol. The number of aliphatic hydroxyl groups is 1. The monoisotopic (exact) mass is 458 g/mol. The molecule has 32 heavy (non-hydrogen) atoms. The maximum atomic E-state index is 12.7. The zero-order valence-electron chi connectivity index (χ0n) is 17.6. The normalized spacial score (nSPS) is 19.1. The van der Waals surface area contributed by atoms with Crippen LogP contribution in [0.3, 0.4) is 0 Å². The van der Waals surface area contributed by atoms with E-state index < -0.39 is 72.2 Å². The summed E-state index contributed by atoms with van der Waals surface area (Å²) in [5.41, 5.74) is 10.3. The van der Waals surface area contributed by atoms with E-state index in [4.69, 9.17) is 16.6 Å². The van der Waals surface area contributed by atoms with Crippen LogP contribution in [0.15, 0.2) is 0 Å². The van der Waals surface area contributed by atoms with E-state index in [1.807, 2.05) is 0 Å². The second-order valence-electron chi connectivity index (χ2n) is 7.51. The molecule has 1 fully saturated rings. The van der Waals surface area contributed by atoms with Gasteiger partial charge in [0, 0.05) is 6.42 Å². The molecule has 180 valence electrons. The van der Waals surface area contributed by atoms with Crippen molar-refractivity contribution in [2.24, 2.45) is 11.5 Å². The highest BCUT2D eigenvalue weighted by Gasteiger charge is 2.33. The number of hydrogen-bond acceptors (Lipinski definition) is 8. The Morgan fingerprint density at radius 1 is 1.00 bits per heavy atom. The second kappa shape index (κ2) is 12.6. The van der Waals surface area contributed by atoms with Gasteiger partial charge in [-0.3, -0.25) is 24.0 Å². The number of nitrogens with one attached hydrogen (secondary N) is 4. The van der Waals surface area contributed by atoms with E-state index in [1.165, 1.54) is 0 Å². The summed E-state index contributed by atoms with van der Waals surface area (Å²) in [6, 6.07) is -5.06. The Kier molecular flexibility index (Phi) is 10.5. The molecule has 1 saturated heterocycles. The molecule has 0 radical (unpaired) electrons. The predicted molar refractivity (Wildman–Crippen MR) is 108 cm³/mol. The molecule has 10 N–H and O–H groups in total. The van der Waals surface area contributed by atoms with Gasteiger partial charge in [-0.05, 0) is 32.7 Å². The van der Waals surface area contributed by atoms with Crippen LogP contribution in [0.2, 0.25) is 0 Å². The van der Waals surface area contributed by atoms with Crippen molar-refractivity contribution >= 4 is 35.5 Å². The molecule has 0 saturated carbocycles. The molecule has 0 spiro atoms. The summed E-state index contributed by atoms with van der Waals surface area (Å²) in [6.07, 6.45) is -1.33. The molecule has 0 aromatic carbocycles. The number of amides is 5. The first-order valence-corrected chi connectivity index (χ1v) is 10.0. The highest BCUT2D eigenvalue weighted by molar-refractivity contribution is 5.96. The van der Waals surface area contributed by atoms with Gasteiger partial charge in [0.25, 0.3) is 0 Å². The van der Waals surface area contributed by atoms with Gasteiger partial charge in [-0.1, -0.05) is 0 Å². The Morgan fingerprint density at radius 3 is 2.09 bits per heavy atom. The van der Waals surface area contributed by atoms with Gasteiger partial charge in [0.1, 0.15) is 12.1 Å². The van der Waals surface area contributed by atoms with E-state index in [9.17, 15) is 33.9 Å². The molecular formula is C18H30N6O8. The Hall–Kier alpha value is -3.26. The highest BCUT2D eigenvalue weighted by Crippen LogP contribution is 2.07. The van der Waals surface area contributed by atoms with Crippen LogP contribution >= 0.6 is 0 Å². The number of aliphatic hydroxyl groups excluding tert-OH is 1. The second-order valence-corrected chi connectivity index (χ2v) is 7.51. The van der Waals surface area contributed by atoms with Crippen molar-refractivity contribution in [2.45, 2.75) is 69.3 Å². The zero-order chi connectivity index (χ0) is 24.4. The molecule has 14 nitrogen and oxygen atoms in total. The molecule has 5 atom stereocenters. The quantitative estimate of drug-likeness (QED) is 0.133. The lowest BCUT2D eigenvalue weighted by Crippen LogP contribution is -2.58. The van der Waals surface area contributed by atoms with Crippen molar-refractivity contribution in [1.29, 1.82) is 0 Å². The maximum absolute atomic E-state index is 12.7. The van der Waals surface area contributed by atoms with E-state index in [1.54, 1.807) is 0 Å². The third kappa shape index (κ3) is 8.85. The summed E-state index contributed by atoms with van der Waals surface area (Å²) in [5, 5.41) is 28.4. The molecular weight excluding hydrogens is 428 g/mol. The first-order valence-electron chi connectivity index (χ1n) is 10.0. The SMILES string of the molecule is CC(O)C(NC(=O)C(CCC(N)=O)NC(=O)C(CC(N)=O)NC(=O)C1CCCN1)C(=O)O. The first kappa shape index (κ1) is 26.8. The summed E-state index contributed by atoms with van der Waals surface area (Å²) in [4.78, 5) is 71.4. The number of hydrogen-bond donors (Lipinski definition) is 8. The van der Waals surface area contributed by atoms with Gasteiger partial charge in [-0.25, -0.2) is 4.79 Å². The van der Waals surface area contributed by atoms with Crippen molar-refractivity contribution in [3.63, 3.8) is 0 Å². The Balaban J connectivity index is 2.96. The van der Waals surface area contributed by atoms with Crippen LogP contribution in [0.25, 0.3) is 0 Å². The number of carbonyl (C=O) groups is 6. The summed E-state index contributed by atoms with van der Waals surface area (Å²) in [6.45, 7) is 1.76. The lowest BCUT2D eigenvalue weighted by molar-refractivity contribution is -0.145. The van der Waals surface area contributed by atoms with Gasteiger partial charge < -0.3 is 42.9 Å². The highest BCUT2D eigenvalue weighted by atomic mass is 16.4. The number of nitrogens with two attached hydrogens (primary N) is 2. The van der Waals surface area contributed by atoms with E-state index in [2.05, 4.69) is 21.3 Å². The minimum atomic E-state index is -1.68. The molecule has 0 aromatic heterocycles. The van der Waals surface area contributed by atoms with E-state index in [0.717, 1.165) is 13.3 Å². The smallest absolute Gasteiger partial charge is 0.328 e. The maximum Gasteiger partial charge on any atom is 0.328 e. The zero-order valence-corrected chi connectivity index (χ0v) is 17.6. The first-order chi connectivity index (χ1) is 14.9. The van der Waals surface area contributed by atoms with Crippen LogP contribution < -0.4 is 32.7 Å². The predicted octanol–water partition coefficient (Wildman–Crippen LogP) is -4.20. The summed E-state index contributed by atoms with van der Waals surface area (Å²) >= 11 is 0. The standard InChI is InChI=1S/C18H30N6O8/c1-8(25)14(18(31)32)24-16(29)10(4-5-12(19)26)22-17(30)11(7-13(20)27)23-15(28)9-3-2-6-21-9/h8-11,14,21,25H,2-7H2,1H3,(H2,19,26)(H2,20,27)(H,22,30)(H,23,28)(H,24,29)(H,31,32). The fourth-order valence-electron chi connectivity index (χ4n) is 3.06. The van der Waals surface area contributed by atoms with Crippen molar-refractivity contribution in [3.8, 4) is 0 Å². The topological polar surface area (TPSA) is 243 Å². The largest absolute Gasteiger partial charge is 0.480 e. The lowest BCUT2D eigenvalue weighted by Gasteiger charge is -2.25. The molecule has 0 aliphatic carbocycles. The van der Waals surface area contributed by atoms with Gasteiger partial charge in [0.15, 0.2) is 6.04 Å². The number of carbonyl (C=O) groups excluding carboxylic acids is 5. The van der Waals surface area contributed by atoms with Gasteiger partial charge in [-0.15, -0.1) is 0 Å². The molecule has 14 heteroatoms. The molecule has 5 amide bonds. The van der Waals surface area contributed by atoms with Gasteiger partial charge in [0.05, 0.1) is 18.6 Å². The minimum Gasteiger partial charge on any atom is -0.480 e. The molecule has 5 unspecified atom stereocenters. The molecule has 0 bridgehead atoms. The number of carboxylic acids is 1. The van der Waals surface area contributed by atoms with Crippen LogP contribution in [0, 0.1) is 0 Å². The molecule has 1 rings (SSSR count). The van der Waals surface area contributed by atoms with Gasteiger partial charge in [-0.2, -0.15) is 0 Å². The number of aliphatic carboxylic acids is 1. The van der Waals surface area contributed by atoms with Crippen LogP contribution in [0.1, 0.15) is 39.0 Å². The van der Waals surface area contributed by atoms with Crippen LogP contribution in [0.4, 0.5) is 0 Å². The fraction of sp³-hybridized carbons (Fsp3) is 0.667. The number of rotatable bonds is 13.